The van der Waals surface area contributed by atoms with Crippen molar-refractivity contribution in [1.29, 1.82) is 0 Å². The number of hydrogen-bond acceptors (Lipinski definition) is 6. The third-order valence-corrected chi connectivity index (χ3v) is 5.95. The van der Waals surface area contributed by atoms with E-state index in [4.69, 9.17) is 9.47 Å². The van der Waals surface area contributed by atoms with Gasteiger partial charge in [-0.1, -0.05) is 18.2 Å². The molecule has 0 atom stereocenters. The van der Waals surface area contributed by atoms with Crippen LogP contribution in [0.4, 0.5) is 4.39 Å². The quantitative estimate of drug-likeness (QED) is 0.373. The van der Waals surface area contributed by atoms with Gasteiger partial charge in [0, 0.05) is 13.1 Å². The number of methoxy groups -OCH3 is 2. The molecule has 2 aromatic heterocycles. The Labute approximate surface area is 195 Å². The van der Waals surface area contributed by atoms with Crippen molar-refractivity contribution in [2.45, 2.75) is 13.5 Å². The van der Waals surface area contributed by atoms with Gasteiger partial charge >= 0.3 is 0 Å². The molecule has 0 bridgehead atoms. The van der Waals surface area contributed by atoms with Crippen LogP contribution in [0.15, 0.2) is 60.0 Å². The Balaban J connectivity index is 1.67. The lowest BCUT2D eigenvalue weighted by Crippen LogP contribution is -2.31. The van der Waals surface area contributed by atoms with Gasteiger partial charge in [0.1, 0.15) is 5.82 Å². The first-order valence-electron chi connectivity index (χ1n) is 10.3. The third kappa shape index (κ3) is 4.73. The summed E-state index contributed by atoms with van der Waals surface area (Å²) in [5.74, 6) is 1.03. The maximum atomic E-state index is 13.9. The van der Waals surface area contributed by atoms with E-state index < -0.39 is 5.82 Å². The van der Waals surface area contributed by atoms with Crippen LogP contribution in [0, 0.1) is 5.82 Å². The van der Waals surface area contributed by atoms with Crippen molar-refractivity contribution in [2.75, 3.05) is 20.8 Å². The second-order valence-electron chi connectivity index (χ2n) is 7.14. The lowest BCUT2D eigenvalue weighted by Gasteiger charge is -2.20. The number of halogens is 1. The van der Waals surface area contributed by atoms with E-state index in [1.165, 1.54) is 28.2 Å². The van der Waals surface area contributed by atoms with E-state index >= 15 is 0 Å². The molecule has 4 aromatic rings. The second-order valence-corrected chi connectivity index (χ2v) is 8.08. The molecule has 4 rings (SSSR count). The van der Waals surface area contributed by atoms with Gasteiger partial charge in [0.2, 0.25) is 5.82 Å². The van der Waals surface area contributed by atoms with Gasteiger partial charge in [0.15, 0.2) is 17.3 Å². The largest absolute Gasteiger partial charge is 0.493 e. The summed E-state index contributed by atoms with van der Waals surface area (Å²) in [6.45, 7) is 2.69. The Bertz CT molecular complexity index is 1260. The summed E-state index contributed by atoms with van der Waals surface area (Å²) in [4.78, 5) is 20.4. The minimum atomic E-state index is -0.392. The van der Waals surface area contributed by atoms with Gasteiger partial charge in [0.25, 0.3) is 5.91 Å². The Hall–Kier alpha value is -3.72. The van der Waals surface area contributed by atoms with Gasteiger partial charge in [-0.05, 0) is 54.3 Å². The van der Waals surface area contributed by atoms with Crippen molar-refractivity contribution in [3.05, 3.63) is 77.2 Å². The van der Waals surface area contributed by atoms with E-state index in [2.05, 4.69) is 10.1 Å². The maximum Gasteiger partial charge on any atom is 0.293 e. The van der Waals surface area contributed by atoms with Crippen LogP contribution in [0.5, 0.6) is 11.5 Å². The molecule has 2 heterocycles. The number of carbonyl (C=O) groups is 1. The Morgan fingerprint density at radius 3 is 2.58 bits per heavy atom. The highest BCUT2D eigenvalue weighted by Crippen LogP contribution is 2.29. The first-order valence-corrected chi connectivity index (χ1v) is 11.2. The van der Waals surface area contributed by atoms with Crippen LogP contribution in [0.25, 0.3) is 16.4 Å². The molecule has 0 aliphatic carbocycles. The van der Waals surface area contributed by atoms with Gasteiger partial charge in [-0.3, -0.25) is 4.79 Å². The van der Waals surface area contributed by atoms with Gasteiger partial charge in [0.05, 0.1) is 24.8 Å². The number of hydrogen-bond donors (Lipinski definition) is 0. The SMILES string of the molecule is CCN(Cc1ccc(OC)c(OC)c1)C(=O)c1nc(-c2cccs2)n(-c2cccc(F)c2)n1. The number of ether oxygens (including phenoxy) is 2. The molecule has 0 aliphatic rings. The third-order valence-electron chi connectivity index (χ3n) is 5.08. The normalized spacial score (nSPS) is 10.8. The molecule has 0 aliphatic heterocycles. The Morgan fingerprint density at radius 1 is 1.09 bits per heavy atom. The first-order chi connectivity index (χ1) is 16.0. The molecule has 0 saturated heterocycles. The highest BCUT2D eigenvalue weighted by molar-refractivity contribution is 7.13. The van der Waals surface area contributed by atoms with E-state index in [0.717, 1.165) is 10.4 Å². The molecule has 1 amide bonds. The van der Waals surface area contributed by atoms with Crippen molar-refractivity contribution in [3.63, 3.8) is 0 Å². The molecule has 0 unspecified atom stereocenters. The summed E-state index contributed by atoms with van der Waals surface area (Å²) in [5.41, 5.74) is 1.37. The predicted octanol–water partition coefficient (Wildman–Crippen LogP) is 4.81. The number of benzene rings is 2. The highest BCUT2D eigenvalue weighted by Gasteiger charge is 2.24. The molecule has 0 spiro atoms. The topological polar surface area (TPSA) is 69.5 Å². The summed E-state index contributed by atoms with van der Waals surface area (Å²) in [7, 11) is 3.14. The molecular formula is C24H23FN4O3S. The fraction of sp³-hybridized carbons (Fsp3) is 0.208. The average Bonchev–Trinajstić information content (AvgIpc) is 3.52. The molecule has 2 aromatic carbocycles. The molecule has 0 N–H and O–H groups in total. The van der Waals surface area contributed by atoms with E-state index in [0.29, 0.717) is 36.1 Å². The molecule has 9 heteroatoms. The van der Waals surface area contributed by atoms with Crippen LogP contribution in [-0.4, -0.2) is 46.3 Å². The monoisotopic (exact) mass is 466 g/mol. The summed E-state index contributed by atoms with van der Waals surface area (Å²) in [5, 5.41) is 6.37. The average molecular weight is 467 g/mol. The predicted molar refractivity (Wildman–Crippen MR) is 125 cm³/mol. The minimum Gasteiger partial charge on any atom is -0.493 e. The zero-order valence-electron chi connectivity index (χ0n) is 18.5. The lowest BCUT2D eigenvalue weighted by molar-refractivity contribution is 0.0740. The van der Waals surface area contributed by atoms with Gasteiger partial charge in [-0.2, -0.15) is 0 Å². The fourth-order valence-corrected chi connectivity index (χ4v) is 4.12. The zero-order chi connectivity index (χ0) is 23.4. The summed E-state index contributed by atoms with van der Waals surface area (Å²) >= 11 is 1.47. The van der Waals surface area contributed by atoms with E-state index in [9.17, 15) is 9.18 Å². The van der Waals surface area contributed by atoms with Crippen molar-refractivity contribution >= 4 is 17.2 Å². The van der Waals surface area contributed by atoms with Gasteiger partial charge < -0.3 is 14.4 Å². The van der Waals surface area contributed by atoms with Crippen LogP contribution >= 0.6 is 11.3 Å². The van der Waals surface area contributed by atoms with Crippen molar-refractivity contribution in [3.8, 4) is 27.9 Å². The number of thiophene rings is 1. The van der Waals surface area contributed by atoms with Gasteiger partial charge in [-0.15, -0.1) is 16.4 Å². The van der Waals surface area contributed by atoms with Crippen LogP contribution in [0.1, 0.15) is 23.1 Å². The molecule has 7 nitrogen and oxygen atoms in total. The van der Waals surface area contributed by atoms with Crippen LogP contribution in [0.3, 0.4) is 0 Å². The first kappa shape index (κ1) is 22.5. The summed E-state index contributed by atoms with van der Waals surface area (Å²) in [6.07, 6.45) is 0. The zero-order valence-corrected chi connectivity index (χ0v) is 19.3. The van der Waals surface area contributed by atoms with E-state index in [1.54, 1.807) is 37.3 Å². The Kier molecular flexibility index (Phi) is 6.69. The lowest BCUT2D eigenvalue weighted by atomic mass is 10.2. The van der Waals surface area contributed by atoms with E-state index in [-0.39, 0.29) is 11.7 Å². The molecule has 170 valence electrons. The minimum absolute atomic E-state index is 0.0463. The molecule has 33 heavy (non-hydrogen) atoms. The fourth-order valence-electron chi connectivity index (χ4n) is 3.42. The van der Waals surface area contributed by atoms with Crippen LogP contribution in [-0.2, 0) is 6.54 Å². The number of carbonyl (C=O) groups excluding carboxylic acids is 1. The van der Waals surface area contributed by atoms with Crippen LogP contribution in [0.2, 0.25) is 0 Å². The van der Waals surface area contributed by atoms with Crippen molar-refractivity contribution in [2.24, 2.45) is 0 Å². The maximum absolute atomic E-state index is 13.9. The molecule has 0 radical (unpaired) electrons. The molecule has 0 saturated carbocycles. The summed E-state index contributed by atoms with van der Waals surface area (Å²) < 4.78 is 26.0. The van der Waals surface area contributed by atoms with Gasteiger partial charge in [-0.25, -0.2) is 14.1 Å². The Morgan fingerprint density at radius 2 is 1.91 bits per heavy atom. The smallest absolute Gasteiger partial charge is 0.293 e. The number of rotatable bonds is 8. The number of amides is 1. The highest BCUT2D eigenvalue weighted by atomic mass is 32.1. The number of nitrogens with zero attached hydrogens (tertiary/aromatic N) is 4. The van der Waals surface area contributed by atoms with Crippen molar-refractivity contribution in [1.82, 2.24) is 19.7 Å². The van der Waals surface area contributed by atoms with E-state index in [1.807, 2.05) is 36.6 Å². The second kappa shape index (κ2) is 9.83. The standard InChI is InChI=1S/C24H23FN4O3S/c1-4-28(15-16-10-11-19(31-2)20(13-16)32-3)24(30)22-26-23(21-9-6-12-33-21)29(27-22)18-8-5-7-17(25)14-18/h5-14H,4,15H2,1-3H3. The van der Waals surface area contributed by atoms with Crippen molar-refractivity contribution < 1.29 is 18.7 Å². The summed E-state index contributed by atoms with van der Waals surface area (Å²) in [6, 6.07) is 15.4. The van der Waals surface area contributed by atoms with Crippen LogP contribution < -0.4 is 9.47 Å². The molecular weight excluding hydrogens is 443 g/mol. The number of aromatic nitrogens is 3. The molecule has 0 fully saturated rings.